The van der Waals surface area contributed by atoms with E-state index in [1.54, 1.807) is 6.07 Å². The van der Waals surface area contributed by atoms with E-state index in [1.807, 2.05) is 53.4 Å². The topological polar surface area (TPSA) is 34.9 Å². The Morgan fingerprint density at radius 1 is 1.06 bits per heavy atom. The monoisotopic (exact) mass is 222 g/mol. The molecule has 0 N–H and O–H groups in total. The smallest absolute Gasteiger partial charge is 0.168 e. The molecule has 3 aromatic rings. The van der Waals surface area contributed by atoms with Gasteiger partial charge in [0.2, 0.25) is 0 Å². The number of rotatable bonds is 2. The minimum Gasteiger partial charge on any atom is -0.323 e. The zero-order valence-electron chi connectivity index (χ0n) is 9.08. The molecule has 17 heavy (non-hydrogen) atoms. The van der Waals surface area contributed by atoms with E-state index in [4.69, 9.17) is 0 Å². The number of aldehydes is 1. The van der Waals surface area contributed by atoms with Crippen LogP contribution in [0.3, 0.4) is 0 Å². The predicted octanol–water partition coefficient (Wildman–Crippen LogP) is 2.84. The number of nitrogens with zero attached hydrogens (tertiary/aromatic N) is 2. The van der Waals surface area contributed by atoms with Crippen molar-refractivity contribution in [1.29, 1.82) is 0 Å². The molecule has 3 heteroatoms. The van der Waals surface area contributed by atoms with E-state index in [-0.39, 0.29) is 0 Å². The van der Waals surface area contributed by atoms with Crippen molar-refractivity contribution in [2.45, 2.75) is 0 Å². The predicted molar refractivity (Wildman–Crippen MR) is 66.5 cm³/mol. The Kier molecular flexibility index (Phi) is 2.22. The summed E-state index contributed by atoms with van der Waals surface area (Å²) in [5, 5.41) is 1.04. The molecule has 2 heterocycles. The molecular weight excluding hydrogens is 212 g/mol. The van der Waals surface area contributed by atoms with Gasteiger partial charge in [0.05, 0.1) is 11.2 Å². The second-order valence-electron chi connectivity index (χ2n) is 3.79. The summed E-state index contributed by atoms with van der Waals surface area (Å²) >= 11 is 0. The van der Waals surface area contributed by atoms with Gasteiger partial charge in [-0.05, 0) is 24.3 Å². The molecule has 0 amide bonds. The van der Waals surface area contributed by atoms with Gasteiger partial charge in [-0.15, -0.1) is 0 Å². The van der Waals surface area contributed by atoms with E-state index in [1.165, 1.54) is 0 Å². The first-order valence-corrected chi connectivity index (χ1v) is 5.37. The van der Waals surface area contributed by atoms with Crippen LogP contribution in [0, 0.1) is 0 Å². The molecule has 3 rings (SSSR count). The number of para-hydroxylation sites is 1. The highest BCUT2D eigenvalue weighted by atomic mass is 16.1. The molecule has 82 valence electrons. The first-order valence-electron chi connectivity index (χ1n) is 5.37. The molecule has 2 aromatic heterocycles. The molecular formula is C14H10N2O. The Hall–Kier alpha value is -2.42. The van der Waals surface area contributed by atoms with Crippen LogP contribution >= 0.6 is 0 Å². The van der Waals surface area contributed by atoms with Crippen molar-refractivity contribution in [1.82, 2.24) is 9.55 Å². The van der Waals surface area contributed by atoms with Crippen LogP contribution in [0.2, 0.25) is 0 Å². The summed E-state index contributed by atoms with van der Waals surface area (Å²) in [6, 6.07) is 13.5. The summed E-state index contributed by atoms with van der Waals surface area (Å²) in [5.41, 5.74) is 2.26. The van der Waals surface area contributed by atoms with Gasteiger partial charge in [-0.1, -0.05) is 18.2 Å². The summed E-state index contributed by atoms with van der Waals surface area (Å²) in [5.74, 6) is 0. The van der Waals surface area contributed by atoms with Crippen LogP contribution < -0.4 is 0 Å². The maximum atomic E-state index is 10.9. The number of hydrogen-bond donors (Lipinski definition) is 0. The molecule has 0 saturated heterocycles. The fourth-order valence-electron chi connectivity index (χ4n) is 1.95. The fraction of sp³-hybridized carbons (Fsp3) is 0. The van der Waals surface area contributed by atoms with Crippen LogP contribution in [0.1, 0.15) is 10.5 Å². The van der Waals surface area contributed by atoms with Crippen LogP contribution in [0.5, 0.6) is 0 Å². The third-order valence-corrected chi connectivity index (χ3v) is 2.72. The van der Waals surface area contributed by atoms with E-state index in [9.17, 15) is 4.79 Å². The summed E-state index contributed by atoms with van der Waals surface area (Å²) in [6.45, 7) is 0. The van der Waals surface area contributed by atoms with Crippen LogP contribution in [0.25, 0.3) is 16.6 Å². The molecule has 0 aliphatic heterocycles. The molecule has 0 unspecified atom stereocenters. The van der Waals surface area contributed by atoms with E-state index >= 15 is 0 Å². The zero-order valence-corrected chi connectivity index (χ0v) is 9.08. The number of carbonyl (C=O) groups excluding carboxylic acids is 1. The standard InChI is InChI=1S/C14H10N2O/c17-10-11-9-14(16-7-3-4-8-16)12-5-1-2-6-13(12)15-11/h1-10H. The lowest BCUT2D eigenvalue weighted by molar-refractivity contribution is 0.111. The van der Waals surface area contributed by atoms with Crippen molar-refractivity contribution < 1.29 is 4.79 Å². The van der Waals surface area contributed by atoms with Crippen LogP contribution in [0.15, 0.2) is 54.9 Å². The maximum Gasteiger partial charge on any atom is 0.168 e. The second-order valence-corrected chi connectivity index (χ2v) is 3.79. The van der Waals surface area contributed by atoms with Gasteiger partial charge in [-0.3, -0.25) is 4.79 Å². The van der Waals surface area contributed by atoms with E-state index < -0.39 is 0 Å². The molecule has 0 atom stereocenters. The number of hydrogen-bond acceptors (Lipinski definition) is 2. The number of pyridine rings is 1. The maximum absolute atomic E-state index is 10.9. The Labute approximate surface area is 98.3 Å². The summed E-state index contributed by atoms with van der Waals surface area (Å²) in [7, 11) is 0. The lowest BCUT2D eigenvalue weighted by atomic mass is 10.1. The molecule has 0 radical (unpaired) electrons. The minimum atomic E-state index is 0.451. The van der Waals surface area contributed by atoms with Crippen molar-refractivity contribution in [3.05, 3.63) is 60.6 Å². The third kappa shape index (κ3) is 1.61. The van der Waals surface area contributed by atoms with Gasteiger partial charge < -0.3 is 4.57 Å². The van der Waals surface area contributed by atoms with Crippen molar-refractivity contribution in [3.63, 3.8) is 0 Å². The zero-order chi connectivity index (χ0) is 11.7. The number of benzene rings is 1. The molecule has 3 nitrogen and oxygen atoms in total. The first kappa shape index (κ1) is 9.78. The highest BCUT2D eigenvalue weighted by Gasteiger charge is 2.05. The molecule has 0 fully saturated rings. The van der Waals surface area contributed by atoms with Gasteiger partial charge >= 0.3 is 0 Å². The first-order chi connectivity index (χ1) is 8.38. The van der Waals surface area contributed by atoms with E-state index in [2.05, 4.69) is 4.98 Å². The minimum absolute atomic E-state index is 0.451. The summed E-state index contributed by atoms with van der Waals surface area (Å²) < 4.78 is 1.98. The van der Waals surface area contributed by atoms with Gasteiger partial charge in [-0.25, -0.2) is 4.98 Å². The average molecular weight is 222 g/mol. The molecule has 0 spiro atoms. The third-order valence-electron chi connectivity index (χ3n) is 2.72. The van der Waals surface area contributed by atoms with Crippen LogP contribution in [0.4, 0.5) is 0 Å². The average Bonchev–Trinajstić information content (AvgIpc) is 2.91. The molecule has 0 saturated carbocycles. The van der Waals surface area contributed by atoms with Crippen molar-refractivity contribution >= 4 is 17.2 Å². The normalized spacial score (nSPS) is 10.6. The van der Waals surface area contributed by atoms with Gasteiger partial charge in [0.15, 0.2) is 6.29 Å². The Balaban J connectivity index is 2.39. The number of aromatic nitrogens is 2. The van der Waals surface area contributed by atoms with Crippen molar-refractivity contribution in [3.8, 4) is 5.69 Å². The lowest BCUT2D eigenvalue weighted by Gasteiger charge is -2.08. The Bertz CT molecular complexity index is 672. The van der Waals surface area contributed by atoms with Gasteiger partial charge in [0, 0.05) is 17.8 Å². The Morgan fingerprint density at radius 3 is 2.59 bits per heavy atom. The van der Waals surface area contributed by atoms with E-state index in [0.717, 1.165) is 22.9 Å². The largest absolute Gasteiger partial charge is 0.323 e. The highest BCUT2D eigenvalue weighted by molar-refractivity contribution is 5.90. The quantitative estimate of drug-likeness (QED) is 0.625. The van der Waals surface area contributed by atoms with Gasteiger partial charge in [0.25, 0.3) is 0 Å². The molecule has 0 aliphatic carbocycles. The van der Waals surface area contributed by atoms with Crippen LogP contribution in [-0.4, -0.2) is 15.8 Å². The molecule has 1 aromatic carbocycles. The summed E-state index contributed by atoms with van der Waals surface area (Å²) in [6.07, 6.45) is 4.69. The van der Waals surface area contributed by atoms with Gasteiger partial charge in [0.1, 0.15) is 5.69 Å². The SMILES string of the molecule is O=Cc1cc(-n2cccc2)c2ccccc2n1. The second kappa shape index (κ2) is 3.87. The van der Waals surface area contributed by atoms with Gasteiger partial charge in [-0.2, -0.15) is 0 Å². The van der Waals surface area contributed by atoms with E-state index in [0.29, 0.717) is 5.69 Å². The highest BCUT2D eigenvalue weighted by Crippen LogP contribution is 2.21. The van der Waals surface area contributed by atoms with Crippen molar-refractivity contribution in [2.75, 3.05) is 0 Å². The number of fused-ring (bicyclic) bond motifs is 1. The summed E-state index contributed by atoms with van der Waals surface area (Å²) in [4.78, 5) is 15.2. The fourth-order valence-corrected chi connectivity index (χ4v) is 1.95. The number of carbonyl (C=O) groups is 1. The molecule has 0 bridgehead atoms. The Morgan fingerprint density at radius 2 is 1.82 bits per heavy atom. The van der Waals surface area contributed by atoms with Crippen LogP contribution in [-0.2, 0) is 0 Å². The molecule has 0 aliphatic rings. The van der Waals surface area contributed by atoms with Crippen molar-refractivity contribution in [2.24, 2.45) is 0 Å². The lowest BCUT2D eigenvalue weighted by Crippen LogP contribution is -1.96.